The highest BCUT2D eigenvalue weighted by molar-refractivity contribution is 7.89. The van der Waals surface area contributed by atoms with Crippen molar-refractivity contribution in [2.24, 2.45) is 5.14 Å². The number of nitrogens with one attached hydrogen (secondary N) is 1. The van der Waals surface area contributed by atoms with E-state index < -0.39 is 39.9 Å². The van der Waals surface area contributed by atoms with Crippen molar-refractivity contribution in [3.8, 4) is 5.75 Å². The van der Waals surface area contributed by atoms with Crippen molar-refractivity contribution in [2.75, 3.05) is 5.32 Å². The lowest BCUT2D eigenvalue weighted by Gasteiger charge is -2.18. The smallest absolute Gasteiger partial charge is 0.347 e. The average Bonchev–Trinajstić information content (AvgIpc) is 2.63. The molecule has 0 aliphatic heterocycles. The standard InChI is InChI=1S/C18H19FN2O6S/c1-11(17(22)21-14-5-9-16(10-6-14)28(20,24)25)27-18(23)12(2)26-15-7-3-13(19)4-8-15/h3-12H,1-2H3,(H,21,22)(H2,20,24,25)/t11-,12+/m1/s1. The third-order valence-corrected chi connectivity index (χ3v) is 4.50. The summed E-state index contributed by atoms with van der Waals surface area (Å²) in [5.41, 5.74) is 0.302. The van der Waals surface area contributed by atoms with E-state index in [4.69, 9.17) is 14.6 Å². The SMILES string of the molecule is C[C@H](Oc1ccc(F)cc1)C(=O)O[C@H](C)C(=O)Nc1ccc(S(N)(=O)=O)cc1. The van der Waals surface area contributed by atoms with Gasteiger partial charge in [-0.1, -0.05) is 0 Å². The Morgan fingerprint density at radius 1 is 1.00 bits per heavy atom. The van der Waals surface area contributed by atoms with Gasteiger partial charge in [-0.2, -0.15) is 0 Å². The van der Waals surface area contributed by atoms with Crippen LogP contribution in [0, 0.1) is 5.82 Å². The molecule has 0 saturated heterocycles. The van der Waals surface area contributed by atoms with Gasteiger partial charge in [-0.3, -0.25) is 4.79 Å². The molecule has 3 N–H and O–H groups in total. The third kappa shape index (κ3) is 6.03. The monoisotopic (exact) mass is 410 g/mol. The largest absolute Gasteiger partial charge is 0.479 e. The van der Waals surface area contributed by atoms with Crippen molar-refractivity contribution in [3.63, 3.8) is 0 Å². The van der Waals surface area contributed by atoms with Gasteiger partial charge in [0.1, 0.15) is 11.6 Å². The number of halogens is 1. The summed E-state index contributed by atoms with van der Waals surface area (Å²) in [6, 6.07) is 10.3. The Morgan fingerprint density at radius 3 is 2.11 bits per heavy atom. The van der Waals surface area contributed by atoms with Crippen LogP contribution in [0.4, 0.5) is 10.1 Å². The van der Waals surface area contributed by atoms with Gasteiger partial charge >= 0.3 is 5.97 Å². The molecule has 0 aliphatic carbocycles. The highest BCUT2D eigenvalue weighted by atomic mass is 32.2. The highest BCUT2D eigenvalue weighted by Gasteiger charge is 2.23. The lowest BCUT2D eigenvalue weighted by Crippen LogP contribution is -2.35. The van der Waals surface area contributed by atoms with Crippen LogP contribution in [0.15, 0.2) is 53.4 Å². The summed E-state index contributed by atoms with van der Waals surface area (Å²) < 4.78 is 45.7. The molecule has 2 aromatic carbocycles. The Bertz CT molecular complexity index is 945. The molecule has 0 aromatic heterocycles. The second-order valence-corrected chi connectivity index (χ2v) is 7.41. The van der Waals surface area contributed by atoms with Crippen molar-refractivity contribution < 1.29 is 31.9 Å². The number of primary sulfonamides is 1. The molecule has 8 nitrogen and oxygen atoms in total. The summed E-state index contributed by atoms with van der Waals surface area (Å²) in [6.45, 7) is 2.80. The minimum Gasteiger partial charge on any atom is -0.479 e. The summed E-state index contributed by atoms with van der Waals surface area (Å²) in [5.74, 6) is -1.56. The van der Waals surface area contributed by atoms with E-state index in [-0.39, 0.29) is 10.6 Å². The summed E-state index contributed by atoms with van der Waals surface area (Å²) >= 11 is 0. The Morgan fingerprint density at radius 2 is 1.57 bits per heavy atom. The van der Waals surface area contributed by atoms with E-state index in [1.807, 2.05) is 0 Å². The number of anilines is 1. The molecule has 0 bridgehead atoms. The second kappa shape index (κ2) is 8.81. The van der Waals surface area contributed by atoms with Crippen LogP contribution in [0.5, 0.6) is 5.75 Å². The van der Waals surface area contributed by atoms with Gasteiger partial charge in [0.05, 0.1) is 4.90 Å². The fourth-order valence-corrected chi connectivity index (χ4v) is 2.58. The molecule has 150 valence electrons. The van der Waals surface area contributed by atoms with E-state index in [1.165, 1.54) is 62.4 Å². The summed E-state index contributed by atoms with van der Waals surface area (Å²) in [5, 5.41) is 7.49. The molecule has 1 amide bonds. The van der Waals surface area contributed by atoms with Crippen LogP contribution in [-0.2, 0) is 24.3 Å². The zero-order valence-electron chi connectivity index (χ0n) is 15.1. The topological polar surface area (TPSA) is 125 Å². The van der Waals surface area contributed by atoms with Crippen molar-refractivity contribution in [1.82, 2.24) is 0 Å². The van der Waals surface area contributed by atoms with Gasteiger partial charge in [0.2, 0.25) is 10.0 Å². The molecular weight excluding hydrogens is 391 g/mol. The Balaban J connectivity index is 1.90. The first-order chi connectivity index (χ1) is 13.1. The number of hydrogen-bond donors (Lipinski definition) is 2. The van der Waals surface area contributed by atoms with E-state index in [0.717, 1.165) is 0 Å². The molecular formula is C18H19FN2O6S. The van der Waals surface area contributed by atoms with Crippen LogP contribution in [0.25, 0.3) is 0 Å². The van der Waals surface area contributed by atoms with E-state index in [9.17, 15) is 22.4 Å². The van der Waals surface area contributed by atoms with Gasteiger partial charge < -0.3 is 14.8 Å². The molecule has 0 fully saturated rings. The Kier molecular flexibility index (Phi) is 6.71. The minimum atomic E-state index is -3.83. The van der Waals surface area contributed by atoms with E-state index >= 15 is 0 Å². The first-order valence-electron chi connectivity index (χ1n) is 8.12. The van der Waals surface area contributed by atoms with Crippen molar-refractivity contribution >= 4 is 27.6 Å². The molecule has 2 aromatic rings. The number of benzene rings is 2. The molecule has 2 rings (SSSR count). The van der Waals surface area contributed by atoms with Crippen LogP contribution < -0.4 is 15.2 Å². The summed E-state index contributed by atoms with van der Waals surface area (Å²) in [6.07, 6.45) is -2.15. The molecule has 0 saturated carbocycles. The summed E-state index contributed by atoms with van der Waals surface area (Å²) in [4.78, 5) is 24.1. The molecule has 0 unspecified atom stereocenters. The minimum absolute atomic E-state index is 0.100. The van der Waals surface area contributed by atoms with Crippen LogP contribution >= 0.6 is 0 Å². The number of ether oxygens (including phenoxy) is 2. The molecule has 10 heteroatoms. The number of amides is 1. The van der Waals surface area contributed by atoms with E-state index in [0.29, 0.717) is 5.69 Å². The Hall–Kier alpha value is -2.98. The maximum Gasteiger partial charge on any atom is 0.347 e. The number of carbonyl (C=O) groups excluding carboxylic acids is 2. The highest BCUT2D eigenvalue weighted by Crippen LogP contribution is 2.15. The predicted octanol–water partition coefficient (Wildman–Crippen LogP) is 1.81. The van der Waals surface area contributed by atoms with Crippen LogP contribution in [-0.4, -0.2) is 32.5 Å². The van der Waals surface area contributed by atoms with Gasteiger partial charge in [-0.25, -0.2) is 22.7 Å². The number of rotatable bonds is 7. The van der Waals surface area contributed by atoms with Gasteiger partial charge in [-0.05, 0) is 62.4 Å². The van der Waals surface area contributed by atoms with E-state index in [1.54, 1.807) is 0 Å². The molecule has 0 heterocycles. The fourth-order valence-electron chi connectivity index (χ4n) is 2.06. The van der Waals surface area contributed by atoms with Gasteiger partial charge in [0.15, 0.2) is 12.2 Å². The lowest BCUT2D eigenvalue weighted by atomic mass is 10.3. The molecule has 0 radical (unpaired) electrons. The quantitative estimate of drug-likeness (QED) is 0.671. The molecule has 0 spiro atoms. The van der Waals surface area contributed by atoms with E-state index in [2.05, 4.69) is 5.32 Å². The third-order valence-electron chi connectivity index (χ3n) is 3.57. The Labute approximate surface area is 161 Å². The number of nitrogens with two attached hydrogens (primary N) is 1. The van der Waals surface area contributed by atoms with Crippen molar-refractivity contribution in [2.45, 2.75) is 31.0 Å². The summed E-state index contributed by atoms with van der Waals surface area (Å²) in [7, 11) is -3.83. The first-order valence-corrected chi connectivity index (χ1v) is 9.67. The predicted molar refractivity (Wildman–Crippen MR) is 98.5 cm³/mol. The first kappa shape index (κ1) is 21.3. The normalized spacial score (nSPS) is 13.3. The number of carbonyl (C=O) groups is 2. The second-order valence-electron chi connectivity index (χ2n) is 5.85. The van der Waals surface area contributed by atoms with Crippen LogP contribution in [0.2, 0.25) is 0 Å². The van der Waals surface area contributed by atoms with Crippen LogP contribution in [0.3, 0.4) is 0 Å². The fraction of sp³-hybridized carbons (Fsp3) is 0.222. The maximum absolute atomic E-state index is 12.9. The number of hydrogen-bond acceptors (Lipinski definition) is 6. The molecule has 2 atom stereocenters. The lowest BCUT2D eigenvalue weighted by molar-refractivity contribution is -0.159. The van der Waals surface area contributed by atoms with Gasteiger partial charge in [0.25, 0.3) is 5.91 Å². The molecule has 28 heavy (non-hydrogen) atoms. The van der Waals surface area contributed by atoms with Crippen molar-refractivity contribution in [3.05, 3.63) is 54.3 Å². The van der Waals surface area contributed by atoms with Gasteiger partial charge in [0, 0.05) is 5.69 Å². The zero-order valence-corrected chi connectivity index (χ0v) is 15.9. The van der Waals surface area contributed by atoms with Crippen molar-refractivity contribution in [1.29, 1.82) is 0 Å². The molecule has 0 aliphatic rings. The number of esters is 1. The number of sulfonamides is 1. The maximum atomic E-state index is 12.9. The zero-order chi connectivity index (χ0) is 20.9. The van der Waals surface area contributed by atoms with Gasteiger partial charge in [-0.15, -0.1) is 0 Å². The average molecular weight is 410 g/mol. The van der Waals surface area contributed by atoms with Crippen LogP contribution in [0.1, 0.15) is 13.8 Å².